The summed E-state index contributed by atoms with van der Waals surface area (Å²) in [6.45, 7) is 0. The summed E-state index contributed by atoms with van der Waals surface area (Å²) in [6.07, 6.45) is 0. The van der Waals surface area contributed by atoms with Crippen LogP contribution in [0.1, 0.15) is 0 Å². The van der Waals surface area contributed by atoms with Crippen molar-refractivity contribution in [3.8, 4) is 22.3 Å². The molecular formula is C9H5BrN4OS2. The topological polar surface area (TPSA) is 77.8 Å². The molecule has 0 aromatic carbocycles. The van der Waals surface area contributed by atoms with Crippen molar-refractivity contribution in [2.24, 2.45) is 0 Å². The summed E-state index contributed by atoms with van der Waals surface area (Å²) in [5, 5.41) is 6.19. The fraction of sp³-hybridized carbons (Fsp3) is 0. The normalized spacial score (nSPS) is 10.9. The van der Waals surface area contributed by atoms with Crippen LogP contribution in [0.5, 0.6) is 0 Å². The fourth-order valence-corrected chi connectivity index (χ4v) is 3.10. The van der Waals surface area contributed by atoms with E-state index >= 15 is 0 Å². The van der Waals surface area contributed by atoms with Gasteiger partial charge >= 0.3 is 0 Å². The maximum atomic E-state index is 5.55. The van der Waals surface area contributed by atoms with Crippen molar-refractivity contribution in [2.75, 3.05) is 5.73 Å². The van der Waals surface area contributed by atoms with E-state index in [1.807, 2.05) is 12.1 Å². The number of rotatable bonds is 2. The Balaban J connectivity index is 1.98. The Labute approximate surface area is 112 Å². The zero-order chi connectivity index (χ0) is 11.8. The highest BCUT2D eigenvalue weighted by Crippen LogP contribution is 2.31. The van der Waals surface area contributed by atoms with Gasteiger partial charge < -0.3 is 10.3 Å². The number of thiophene rings is 1. The van der Waals surface area contributed by atoms with Crippen molar-refractivity contribution in [1.82, 2.24) is 15.1 Å². The molecule has 0 saturated heterocycles. The second-order valence-corrected chi connectivity index (χ2v) is 6.45. The maximum Gasteiger partial charge on any atom is 0.277 e. The van der Waals surface area contributed by atoms with Gasteiger partial charge in [-0.25, -0.2) is 4.98 Å². The summed E-state index contributed by atoms with van der Waals surface area (Å²) in [7, 11) is 0. The standard InChI is InChI=1S/C9H5BrN4OS2/c10-6-2-1-5(17-6)7-13-8(15-14-7)4-3-16-9(11)12-4/h1-3H,(H2,11,12). The number of nitrogen functional groups attached to an aromatic ring is 1. The van der Waals surface area contributed by atoms with Crippen molar-refractivity contribution in [3.05, 3.63) is 21.3 Å². The molecule has 0 unspecified atom stereocenters. The lowest BCUT2D eigenvalue weighted by Crippen LogP contribution is -1.82. The molecule has 0 amide bonds. The second kappa shape index (κ2) is 4.21. The molecule has 8 heteroatoms. The average molecular weight is 329 g/mol. The quantitative estimate of drug-likeness (QED) is 0.781. The first-order valence-corrected chi connectivity index (χ1v) is 7.02. The van der Waals surface area contributed by atoms with Gasteiger partial charge in [-0.3, -0.25) is 0 Å². The van der Waals surface area contributed by atoms with Crippen molar-refractivity contribution < 1.29 is 4.52 Å². The first-order chi connectivity index (χ1) is 8.22. The number of halogens is 1. The highest BCUT2D eigenvalue weighted by molar-refractivity contribution is 9.11. The van der Waals surface area contributed by atoms with Crippen LogP contribution in [-0.4, -0.2) is 15.1 Å². The van der Waals surface area contributed by atoms with Gasteiger partial charge in [-0.05, 0) is 28.1 Å². The molecule has 17 heavy (non-hydrogen) atoms. The van der Waals surface area contributed by atoms with Gasteiger partial charge in [0.25, 0.3) is 5.89 Å². The van der Waals surface area contributed by atoms with Gasteiger partial charge in [-0.2, -0.15) is 4.98 Å². The lowest BCUT2D eigenvalue weighted by Gasteiger charge is -1.83. The highest BCUT2D eigenvalue weighted by atomic mass is 79.9. The molecule has 0 aliphatic heterocycles. The molecule has 0 fully saturated rings. The molecular weight excluding hydrogens is 324 g/mol. The zero-order valence-corrected chi connectivity index (χ0v) is 11.5. The third-order valence-electron chi connectivity index (χ3n) is 1.96. The monoisotopic (exact) mass is 328 g/mol. The van der Waals surface area contributed by atoms with Crippen molar-refractivity contribution >= 4 is 43.7 Å². The lowest BCUT2D eigenvalue weighted by atomic mass is 10.4. The van der Waals surface area contributed by atoms with E-state index < -0.39 is 0 Å². The first kappa shape index (κ1) is 10.9. The molecule has 0 saturated carbocycles. The minimum Gasteiger partial charge on any atom is -0.375 e. The summed E-state index contributed by atoms with van der Waals surface area (Å²) in [5.74, 6) is 0.944. The number of thiazole rings is 1. The number of hydrogen-bond acceptors (Lipinski definition) is 7. The minimum atomic E-state index is 0.387. The summed E-state index contributed by atoms with van der Waals surface area (Å²) in [5.41, 5.74) is 6.16. The molecule has 0 aliphatic carbocycles. The predicted molar refractivity (Wildman–Crippen MR) is 70.8 cm³/mol. The van der Waals surface area contributed by atoms with Gasteiger partial charge in [0.2, 0.25) is 5.82 Å². The second-order valence-electron chi connectivity index (χ2n) is 3.10. The maximum absolute atomic E-state index is 5.55. The van der Waals surface area contributed by atoms with Crippen LogP contribution < -0.4 is 5.73 Å². The van der Waals surface area contributed by atoms with Crippen molar-refractivity contribution in [1.29, 1.82) is 0 Å². The SMILES string of the molecule is Nc1nc(-c2nc(-c3ccc(Br)s3)no2)cs1. The Morgan fingerprint density at radius 2 is 2.18 bits per heavy atom. The van der Waals surface area contributed by atoms with Crippen LogP contribution in [0, 0.1) is 0 Å². The molecule has 2 N–H and O–H groups in total. The largest absolute Gasteiger partial charge is 0.375 e. The van der Waals surface area contributed by atoms with E-state index in [9.17, 15) is 0 Å². The van der Waals surface area contributed by atoms with E-state index in [0.717, 1.165) is 8.66 Å². The summed E-state index contributed by atoms with van der Waals surface area (Å²) in [4.78, 5) is 9.31. The highest BCUT2D eigenvalue weighted by Gasteiger charge is 2.14. The van der Waals surface area contributed by atoms with E-state index in [-0.39, 0.29) is 0 Å². The fourth-order valence-electron chi connectivity index (χ4n) is 1.25. The van der Waals surface area contributed by atoms with E-state index in [4.69, 9.17) is 10.3 Å². The molecule has 0 bridgehead atoms. The molecule has 0 radical (unpaired) electrons. The Morgan fingerprint density at radius 3 is 2.82 bits per heavy atom. The van der Waals surface area contributed by atoms with Crippen molar-refractivity contribution in [2.45, 2.75) is 0 Å². The molecule has 0 aliphatic rings. The molecule has 3 aromatic heterocycles. The number of anilines is 1. The van der Waals surface area contributed by atoms with E-state index in [1.54, 1.807) is 16.7 Å². The molecule has 0 spiro atoms. The van der Waals surface area contributed by atoms with Gasteiger partial charge in [0.1, 0.15) is 5.69 Å². The summed E-state index contributed by atoms with van der Waals surface area (Å²) in [6, 6.07) is 3.87. The van der Waals surface area contributed by atoms with Gasteiger partial charge in [0.15, 0.2) is 5.13 Å². The number of hydrogen-bond donors (Lipinski definition) is 1. The van der Waals surface area contributed by atoms with Crippen LogP contribution >= 0.6 is 38.6 Å². The summed E-state index contributed by atoms with van der Waals surface area (Å²) >= 11 is 6.28. The average Bonchev–Trinajstić information content (AvgIpc) is 2.96. The zero-order valence-electron chi connectivity index (χ0n) is 8.25. The Bertz CT molecular complexity index is 605. The van der Waals surface area contributed by atoms with Gasteiger partial charge in [-0.15, -0.1) is 22.7 Å². The van der Waals surface area contributed by atoms with Crippen LogP contribution in [0.4, 0.5) is 5.13 Å². The van der Waals surface area contributed by atoms with Crippen molar-refractivity contribution in [3.63, 3.8) is 0 Å². The van der Waals surface area contributed by atoms with E-state index in [1.165, 1.54) is 11.3 Å². The number of nitrogens with two attached hydrogens (primary N) is 1. The predicted octanol–water partition coefficient (Wildman–Crippen LogP) is 3.27. The van der Waals surface area contributed by atoms with Crippen LogP contribution in [-0.2, 0) is 0 Å². The third kappa shape index (κ3) is 2.11. The lowest BCUT2D eigenvalue weighted by molar-refractivity contribution is 0.431. The Kier molecular flexibility index (Phi) is 2.69. The van der Waals surface area contributed by atoms with Gasteiger partial charge in [0.05, 0.1) is 8.66 Å². The molecule has 3 aromatic rings. The number of nitrogens with zero attached hydrogens (tertiary/aromatic N) is 3. The van der Waals surface area contributed by atoms with Crippen LogP contribution in [0.25, 0.3) is 22.3 Å². The molecule has 3 rings (SSSR count). The van der Waals surface area contributed by atoms with Crippen LogP contribution in [0.2, 0.25) is 0 Å². The number of aromatic nitrogens is 3. The van der Waals surface area contributed by atoms with Gasteiger partial charge in [-0.1, -0.05) is 5.16 Å². The van der Waals surface area contributed by atoms with E-state index in [2.05, 4.69) is 31.1 Å². The first-order valence-electron chi connectivity index (χ1n) is 4.53. The Morgan fingerprint density at radius 1 is 1.29 bits per heavy atom. The minimum absolute atomic E-state index is 0.387. The molecule has 5 nitrogen and oxygen atoms in total. The molecule has 0 atom stereocenters. The van der Waals surface area contributed by atoms with Crippen LogP contribution in [0.15, 0.2) is 25.8 Å². The molecule has 3 heterocycles. The molecule has 86 valence electrons. The van der Waals surface area contributed by atoms with E-state index in [0.29, 0.717) is 22.5 Å². The third-order valence-corrected chi connectivity index (χ3v) is 4.25. The Hall–Kier alpha value is -1.25. The summed E-state index contributed by atoms with van der Waals surface area (Å²) < 4.78 is 6.17. The smallest absolute Gasteiger partial charge is 0.277 e. The van der Waals surface area contributed by atoms with Crippen LogP contribution in [0.3, 0.4) is 0 Å². The van der Waals surface area contributed by atoms with Gasteiger partial charge in [0, 0.05) is 5.38 Å².